The second-order valence-corrected chi connectivity index (χ2v) is 7.75. The number of piperidine rings is 1. The molecule has 0 spiro atoms. The van der Waals surface area contributed by atoms with Crippen molar-refractivity contribution in [1.82, 2.24) is 4.98 Å². The molecule has 6 nitrogen and oxygen atoms in total. The monoisotopic (exact) mass is 388 g/mol. The number of aliphatic hydroxyl groups is 1. The van der Waals surface area contributed by atoms with Gasteiger partial charge in [-0.05, 0) is 62.6 Å². The third-order valence-electron chi connectivity index (χ3n) is 4.75. The highest BCUT2D eigenvalue weighted by molar-refractivity contribution is 5.71. The topological polar surface area (TPSA) is 82.9 Å². The quantitative estimate of drug-likeness (QED) is 0.790. The van der Waals surface area contributed by atoms with Crippen LogP contribution in [-0.2, 0) is 4.79 Å². The zero-order chi connectivity index (χ0) is 20.3. The van der Waals surface area contributed by atoms with Crippen LogP contribution < -0.4 is 9.64 Å². The largest absolute Gasteiger partial charge is 0.491 e. The molecule has 0 atom stereocenters. The number of rotatable bonds is 6. The second-order valence-electron chi connectivity index (χ2n) is 7.75. The number of nitrogens with zero attached hydrogens (tertiary/aromatic N) is 2. The van der Waals surface area contributed by atoms with Crippen molar-refractivity contribution in [2.75, 3.05) is 24.6 Å². The third-order valence-corrected chi connectivity index (χ3v) is 4.75. The summed E-state index contributed by atoms with van der Waals surface area (Å²) in [6.07, 6.45) is 2.75. The lowest BCUT2D eigenvalue weighted by Gasteiger charge is -2.31. The molecule has 1 aromatic carbocycles. The van der Waals surface area contributed by atoms with Crippen LogP contribution in [0.5, 0.6) is 5.75 Å². The normalized spacial score (nSPS) is 15.5. The molecule has 2 heterocycles. The van der Waals surface area contributed by atoms with E-state index in [1.165, 1.54) is 12.1 Å². The molecule has 150 valence electrons. The molecule has 1 aliphatic rings. The van der Waals surface area contributed by atoms with Gasteiger partial charge >= 0.3 is 5.97 Å². The highest BCUT2D eigenvalue weighted by Gasteiger charge is 2.25. The Balaban J connectivity index is 1.79. The van der Waals surface area contributed by atoms with Gasteiger partial charge in [0.15, 0.2) is 0 Å². The van der Waals surface area contributed by atoms with E-state index in [0.29, 0.717) is 48.6 Å². The maximum Gasteiger partial charge on any atom is 0.306 e. The number of benzene rings is 1. The summed E-state index contributed by atoms with van der Waals surface area (Å²) >= 11 is 0. The Bertz CT molecular complexity index is 843. The van der Waals surface area contributed by atoms with Gasteiger partial charge in [-0.15, -0.1) is 0 Å². The van der Waals surface area contributed by atoms with Gasteiger partial charge in [0.2, 0.25) is 0 Å². The van der Waals surface area contributed by atoms with Crippen molar-refractivity contribution in [2.24, 2.45) is 5.92 Å². The molecule has 1 aliphatic heterocycles. The first-order valence-corrected chi connectivity index (χ1v) is 9.32. The number of hydrogen-bond donors (Lipinski definition) is 2. The molecular weight excluding hydrogens is 363 g/mol. The molecule has 28 heavy (non-hydrogen) atoms. The van der Waals surface area contributed by atoms with E-state index >= 15 is 0 Å². The highest BCUT2D eigenvalue weighted by atomic mass is 19.1. The lowest BCUT2D eigenvalue weighted by Crippen LogP contribution is -2.36. The zero-order valence-corrected chi connectivity index (χ0v) is 16.1. The van der Waals surface area contributed by atoms with Crippen LogP contribution in [0.2, 0.25) is 0 Å². The number of halogens is 1. The predicted octanol–water partition coefficient (Wildman–Crippen LogP) is 3.34. The number of aliphatic carboxylic acids is 1. The second kappa shape index (κ2) is 8.14. The first-order valence-electron chi connectivity index (χ1n) is 9.32. The van der Waals surface area contributed by atoms with Crippen molar-refractivity contribution in [1.29, 1.82) is 0 Å². The molecular formula is C21H25FN2O4. The first kappa shape index (κ1) is 20.1. The fourth-order valence-corrected chi connectivity index (χ4v) is 3.19. The number of carbonyl (C=O) groups is 1. The summed E-state index contributed by atoms with van der Waals surface area (Å²) in [5.41, 5.74) is 0.0642. The standard InChI is InChI=1S/C21H25FN2O4/c1-21(2,27)13-28-16-3-4-18(22)17(12-16)15-5-8-23-19(11-15)24-9-6-14(7-10-24)20(25)26/h3-5,8,11-12,14,27H,6-7,9-10,13H2,1-2H3,(H,25,26). The van der Waals surface area contributed by atoms with E-state index in [1.807, 2.05) is 4.90 Å². The van der Waals surface area contributed by atoms with E-state index in [4.69, 9.17) is 9.84 Å². The van der Waals surface area contributed by atoms with Crippen LogP contribution in [0.25, 0.3) is 11.1 Å². The van der Waals surface area contributed by atoms with Gasteiger partial charge in [-0.2, -0.15) is 0 Å². The van der Waals surface area contributed by atoms with Gasteiger partial charge in [-0.25, -0.2) is 9.37 Å². The van der Waals surface area contributed by atoms with Crippen LogP contribution in [0.3, 0.4) is 0 Å². The molecule has 2 N–H and O–H groups in total. The number of anilines is 1. The molecule has 7 heteroatoms. The molecule has 0 unspecified atom stereocenters. The molecule has 0 aliphatic carbocycles. The van der Waals surface area contributed by atoms with Gasteiger partial charge in [0.05, 0.1) is 11.5 Å². The van der Waals surface area contributed by atoms with Crippen molar-refractivity contribution < 1.29 is 24.1 Å². The molecule has 1 saturated heterocycles. The van der Waals surface area contributed by atoms with Gasteiger partial charge in [-0.1, -0.05) is 0 Å². The molecule has 3 rings (SSSR count). The zero-order valence-electron chi connectivity index (χ0n) is 16.1. The minimum Gasteiger partial charge on any atom is -0.491 e. The third kappa shape index (κ3) is 4.98. The summed E-state index contributed by atoms with van der Waals surface area (Å²) in [4.78, 5) is 17.5. The Morgan fingerprint density at radius 2 is 2.00 bits per heavy atom. The molecule has 1 aromatic heterocycles. The van der Waals surface area contributed by atoms with Gasteiger partial charge in [0, 0.05) is 24.8 Å². The number of ether oxygens (including phenoxy) is 1. The minimum absolute atomic E-state index is 0.0954. The maximum absolute atomic E-state index is 14.4. The number of aromatic nitrogens is 1. The van der Waals surface area contributed by atoms with Crippen LogP contribution in [0.15, 0.2) is 36.5 Å². The highest BCUT2D eigenvalue weighted by Crippen LogP contribution is 2.30. The van der Waals surface area contributed by atoms with Crippen molar-refractivity contribution in [2.45, 2.75) is 32.3 Å². The van der Waals surface area contributed by atoms with E-state index in [0.717, 1.165) is 0 Å². The van der Waals surface area contributed by atoms with Crippen LogP contribution >= 0.6 is 0 Å². The van der Waals surface area contributed by atoms with Crippen LogP contribution in [0, 0.1) is 11.7 Å². The Morgan fingerprint density at radius 1 is 1.29 bits per heavy atom. The smallest absolute Gasteiger partial charge is 0.306 e. The number of carboxylic acid groups (broad SMARTS) is 1. The average Bonchev–Trinajstić information content (AvgIpc) is 2.67. The van der Waals surface area contributed by atoms with Crippen LogP contribution in [0.4, 0.5) is 10.2 Å². The summed E-state index contributed by atoms with van der Waals surface area (Å²) in [5.74, 6) is -0.284. The summed E-state index contributed by atoms with van der Waals surface area (Å²) < 4.78 is 20.0. The van der Waals surface area contributed by atoms with Gasteiger partial charge in [-0.3, -0.25) is 4.79 Å². The Labute approximate surface area is 163 Å². The number of pyridine rings is 1. The van der Waals surface area contributed by atoms with E-state index in [2.05, 4.69) is 4.98 Å². The fraction of sp³-hybridized carbons (Fsp3) is 0.429. The van der Waals surface area contributed by atoms with E-state index in [1.54, 1.807) is 38.2 Å². The molecule has 0 bridgehead atoms. The molecule has 0 amide bonds. The molecule has 2 aromatic rings. The van der Waals surface area contributed by atoms with Crippen LogP contribution in [-0.4, -0.2) is 46.5 Å². The Kier molecular flexibility index (Phi) is 5.84. The maximum atomic E-state index is 14.4. The molecule has 0 radical (unpaired) electrons. The van der Waals surface area contributed by atoms with Gasteiger partial charge < -0.3 is 19.8 Å². The van der Waals surface area contributed by atoms with Gasteiger partial charge in [0.25, 0.3) is 0 Å². The minimum atomic E-state index is -0.986. The SMILES string of the molecule is CC(C)(O)COc1ccc(F)c(-c2ccnc(N3CCC(C(=O)O)CC3)c2)c1. The lowest BCUT2D eigenvalue weighted by molar-refractivity contribution is -0.142. The summed E-state index contributed by atoms with van der Waals surface area (Å²) in [6.45, 7) is 4.58. The van der Waals surface area contributed by atoms with Crippen molar-refractivity contribution in [3.05, 3.63) is 42.3 Å². The van der Waals surface area contributed by atoms with Crippen molar-refractivity contribution in [3.63, 3.8) is 0 Å². The van der Waals surface area contributed by atoms with Crippen molar-refractivity contribution in [3.8, 4) is 16.9 Å². The van der Waals surface area contributed by atoms with E-state index < -0.39 is 11.6 Å². The predicted molar refractivity (Wildman–Crippen MR) is 104 cm³/mol. The average molecular weight is 388 g/mol. The van der Waals surface area contributed by atoms with E-state index in [9.17, 15) is 14.3 Å². The summed E-state index contributed by atoms with van der Waals surface area (Å²) in [6, 6.07) is 8.01. The van der Waals surface area contributed by atoms with Crippen LogP contribution in [0.1, 0.15) is 26.7 Å². The summed E-state index contributed by atoms with van der Waals surface area (Å²) in [7, 11) is 0. The Morgan fingerprint density at radius 3 is 2.64 bits per heavy atom. The lowest BCUT2D eigenvalue weighted by atomic mass is 9.97. The fourth-order valence-electron chi connectivity index (χ4n) is 3.19. The first-order chi connectivity index (χ1) is 13.2. The molecule has 0 saturated carbocycles. The number of carboxylic acids is 1. The van der Waals surface area contributed by atoms with E-state index in [-0.39, 0.29) is 18.3 Å². The Hall–Kier alpha value is -2.67. The molecule has 1 fully saturated rings. The number of hydrogen-bond acceptors (Lipinski definition) is 5. The summed E-state index contributed by atoms with van der Waals surface area (Å²) in [5, 5.41) is 18.9. The van der Waals surface area contributed by atoms with Gasteiger partial charge in [0.1, 0.15) is 24.0 Å². The van der Waals surface area contributed by atoms with Crippen molar-refractivity contribution >= 4 is 11.8 Å².